The molecule has 0 unspecified atom stereocenters. The molecule has 5 heteroatoms. The number of alkyl halides is 1. The van der Waals surface area contributed by atoms with Crippen LogP contribution in [0.25, 0.3) is 11.3 Å². The van der Waals surface area contributed by atoms with Crippen LogP contribution in [-0.4, -0.2) is 29.8 Å². The van der Waals surface area contributed by atoms with E-state index in [1.54, 1.807) is 0 Å². The molecule has 1 aromatic heterocycles. The van der Waals surface area contributed by atoms with Crippen LogP contribution in [-0.2, 0) is 16.0 Å². The molecule has 4 nitrogen and oxygen atoms in total. The standard InChI is InChI=1S/C34H50FNO3/c1-3-5-7-8-9-10-11-12-13-27-17-24-33(36-25-27)29-18-22-30(23-19-29)38-26-28-15-20-31(21-16-28)39-34(37)32(35)14-6-4-2/h17-19,22-25,28,31-32H,3-16,20-21,26H2,1-2H3/t28-,31-,32-/m0/s1. The number of aromatic nitrogens is 1. The van der Waals surface area contributed by atoms with Crippen molar-refractivity contribution in [3.63, 3.8) is 0 Å². The molecule has 1 aromatic carbocycles. The molecule has 0 aliphatic heterocycles. The molecule has 1 atom stereocenters. The molecule has 0 spiro atoms. The zero-order valence-corrected chi connectivity index (χ0v) is 24.3. The maximum absolute atomic E-state index is 13.9. The largest absolute Gasteiger partial charge is 0.493 e. The molecule has 1 aliphatic rings. The third-order valence-electron chi connectivity index (χ3n) is 7.92. The number of ether oxygens (including phenoxy) is 2. The zero-order chi connectivity index (χ0) is 27.7. The first-order valence-electron chi connectivity index (χ1n) is 15.6. The van der Waals surface area contributed by atoms with Gasteiger partial charge in [-0.2, -0.15) is 0 Å². The van der Waals surface area contributed by atoms with Crippen LogP contribution >= 0.6 is 0 Å². The van der Waals surface area contributed by atoms with Crippen LogP contribution in [0, 0.1) is 5.92 Å². The van der Waals surface area contributed by atoms with Gasteiger partial charge in [-0.15, -0.1) is 0 Å². The fourth-order valence-electron chi connectivity index (χ4n) is 5.30. The van der Waals surface area contributed by atoms with Gasteiger partial charge in [0.1, 0.15) is 11.9 Å². The summed E-state index contributed by atoms with van der Waals surface area (Å²) in [6.07, 6.45) is 17.5. The molecule has 1 fully saturated rings. The fraction of sp³-hybridized carbons (Fsp3) is 0.647. The topological polar surface area (TPSA) is 48.4 Å². The summed E-state index contributed by atoms with van der Waals surface area (Å²) in [6, 6.07) is 12.5. The molecule has 0 radical (unpaired) electrons. The van der Waals surface area contributed by atoms with Gasteiger partial charge in [0.25, 0.3) is 0 Å². The van der Waals surface area contributed by atoms with E-state index in [9.17, 15) is 9.18 Å². The first-order valence-corrected chi connectivity index (χ1v) is 15.6. The van der Waals surface area contributed by atoms with Gasteiger partial charge >= 0.3 is 5.97 Å². The number of hydrogen-bond donors (Lipinski definition) is 0. The molecule has 3 rings (SSSR count). The minimum absolute atomic E-state index is 0.160. The molecule has 0 bridgehead atoms. The van der Waals surface area contributed by atoms with Gasteiger partial charge in [0.2, 0.25) is 0 Å². The number of nitrogens with zero attached hydrogens (tertiary/aromatic N) is 1. The maximum atomic E-state index is 13.9. The lowest BCUT2D eigenvalue weighted by molar-refractivity contribution is -0.157. The van der Waals surface area contributed by atoms with E-state index in [0.717, 1.165) is 55.5 Å². The lowest BCUT2D eigenvalue weighted by Crippen LogP contribution is -2.30. The van der Waals surface area contributed by atoms with E-state index in [1.165, 1.54) is 56.9 Å². The van der Waals surface area contributed by atoms with Crippen LogP contribution in [0.1, 0.15) is 116 Å². The smallest absolute Gasteiger partial charge is 0.340 e. The van der Waals surface area contributed by atoms with Crippen molar-refractivity contribution in [3.8, 4) is 17.0 Å². The molecule has 216 valence electrons. The molecular formula is C34H50FNO3. The van der Waals surface area contributed by atoms with Gasteiger partial charge in [0.15, 0.2) is 6.17 Å². The van der Waals surface area contributed by atoms with E-state index in [1.807, 2.05) is 25.3 Å². The second-order valence-electron chi connectivity index (χ2n) is 11.3. The molecule has 1 aliphatic carbocycles. The number of pyridine rings is 1. The van der Waals surface area contributed by atoms with E-state index in [-0.39, 0.29) is 12.5 Å². The highest BCUT2D eigenvalue weighted by atomic mass is 19.1. The van der Waals surface area contributed by atoms with Gasteiger partial charge < -0.3 is 9.47 Å². The normalized spacial score (nSPS) is 18.0. The van der Waals surface area contributed by atoms with Crippen molar-refractivity contribution in [2.75, 3.05) is 6.61 Å². The third kappa shape index (κ3) is 11.7. The number of unbranched alkanes of at least 4 members (excludes halogenated alkanes) is 8. The lowest BCUT2D eigenvalue weighted by Gasteiger charge is -2.28. The van der Waals surface area contributed by atoms with Crippen molar-refractivity contribution < 1.29 is 18.7 Å². The highest BCUT2D eigenvalue weighted by Gasteiger charge is 2.27. The molecule has 0 saturated heterocycles. The molecule has 1 saturated carbocycles. The first-order chi connectivity index (χ1) is 19.1. The lowest BCUT2D eigenvalue weighted by atomic mass is 9.88. The predicted octanol–water partition coefficient (Wildman–Crippen LogP) is 9.44. The summed E-state index contributed by atoms with van der Waals surface area (Å²) in [7, 11) is 0. The number of halogens is 1. The predicted molar refractivity (Wildman–Crippen MR) is 158 cm³/mol. The summed E-state index contributed by atoms with van der Waals surface area (Å²) >= 11 is 0. The van der Waals surface area contributed by atoms with Crippen molar-refractivity contribution in [1.82, 2.24) is 4.98 Å². The number of esters is 1. The molecule has 0 amide bonds. The van der Waals surface area contributed by atoms with Crippen LogP contribution in [0.3, 0.4) is 0 Å². The number of rotatable bonds is 18. The quantitative estimate of drug-likeness (QED) is 0.140. The summed E-state index contributed by atoms with van der Waals surface area (Å²) in [6.45, 7) is 4.90. The van der Waals surface area contributed by atoms with Gasteiger partial charge in [-0.1, -0.05) is 77.7 Å². The Morgan fingerprint density at radius 2 is 1.54 bits per heavy atom. The highest BCUT2D eigenvalue weighted by Crippen LogP contribution is 2.28. The maximum Gasteiger partial charge on any atom is 0.340 e. The zero-order valence-electron chi connectivity index (χ0n) is 24.3. The number of carbonyl (C=O) groups is 1. The van der Waals surface area contributed by atoms with Crippen molar-refractivity contribution in [2.45, 2.75) is 129 Å². The summed E-state index contributed by atoms with van der Waals surface area (Å²) in [5.41, 5.74) is 3.39. The van der Waals surface area contributed by atoms with E-state index in [4.69, 9.17) is 14.5 Å². The minimum Gasteiger partial charge on any atom is -0.493 e. The minimum atomic E-state index is -1.48. The van der Waals surface area contributed by atoms with Gasteiger partial charge in [0.05, 0.1) is 12.3 Å². The van der Waals surface area contributed by atoms with Gasteiger partial charge in [0, 0.05) is 11.8 Å². The fourth-order valence-corrected chi connectivity index (χ4v) is 5.30. The van der Waals surface area contributed by atoms with E-state index >= 15 is 0 Å². The summed E-state index contributed by atoms with van der Waals surface area (Å²) < 4.78 is 25.4. The Morgan fingerprint density at radius 3 is 2.18 bits per heavy atom. The number of hydrogen-bond acceptors (Lipinski definition) is 4. The molecule has 2 aromatic rings. The Balaban J connectivity index is 1.32. The first kappa shape index (κ1) is 31.1. The summed E-state index contributed by atoms with van der Waals surface area (Å²) in [4.78, 5) is 16.6. The van der Waals surface area contributed by atoms with Crippen LogP contribution in [0.5, 0.6) is 5.75 Å². The Hall–Kier alpha value is -2.43. The number of carbonyl (C=O) groups excluding carboxylic acids is 1. The van der Waals surface area contributed by atoms with E-state index in [2.05, 4.69) is 31.2 Å². The molecule has 1 heterocycles. The molecule has 0 N–H and O–H groups in total. The van der Waals surface area contributed by atoms with Crippen LogP contribution in [0.15, 0.2) is 42.6 Å². The number of aryl methyl sites for hydroxylation is 1. The van der Waals surface area contributed by atoms with Crippen LogP contribution < -0.4 is 4.74 Å². The van der Waals surface area contributed by atoms with Crippen molar-refractivity contribution >= 4 is 5.97 Å². The second-order valence-corrected chi connectivity index (χ2v) is 11.3. The van der Waals surface area contributed by atoms with Crippen molar-refractivity contribution in [2.24, 2.45) is 5.92 Å². The van der Waals surface area contributed by atoms with Crippen molar-refractivity contribution in [3.05, 3.63) is 48.2 Å². The van der Waals surface area contributed by atoms with E-state index < -0.39 is 12.1 Å². The average Bonchev–Trinajstić information content (AvgIpc) is 2.97. The Morgan fingerprint density at radius 1 is 0.872 bits per heavy atom. The van der Waals surface area contributed by atoms with Crippen molar-refractivity contribution in [1.29, 1.82) is 0 Å². The average molecular weight is 540 g/mol. The summed E-state index contributed by atoms with van der Waals surface area (Å²) in [5, 5.41) is 0. The third-order valence-corrected chi connectivity index (χ3v) is 7.92. The summed E-state index contributed by atoms with van der Waals surface area (Å²) in [5.74, 6) is 0.599. The highest BCUT2D eigenvalue weighted by molar-refractivity contribution is 5.74. The van der Waals surface area contributed by atoms with Gasteiger partial charge in [-0.05, 0) is 86.8 Å². The Kier molecular flexibility index (Phi) is 14.4. The Bertz CT molecular complexity index is 922. The second kappa shape index (κ2) is 18.0. The molecule has 39 heavy (non-hydrogen) atoms. The van der Waals surface area contributed by atoms with Gasteiger partial charge in [-0.25, -0.2) is 9.18 Å². The van der Waals surface area contributed by atoms with Crippen LogP contribution in [0.4, 0.5) is 4.39 Å². The van der Waals surface area contributed by atoms with E-state index in [0.29, 0.717) is 18.9 Å². The van der Waals surface area contributed by atoms with Crippen LogP contribution in [0.2, 0.25) is 0 Å². The monoisotopic (exact) mass is 539 g/mol. The SMILES string of the molecule is CCCCCCCCCCc1ccc(-c2ccc(OC[C@H]3CC[C@H](OC(=O)[C@@H](F)CCCC)CC3)cc2)nc1. The Labute approximate surface area is 236 Å². The van der Waals surface area contributed by atoms with Gasteiger partial charge in [-0.3, -0.25) is 4.98 Å². The molecular weight excluding hydrogens is 489 g/mol. The number of benzene rings is 1.